The molecule has 0 aliphatic heterocycles. The molecule has 0 saturated carbocycles. The highest BCUT2D eigenvalue weighted by Crippen LogP contribution is 2.23. The summed E-state index contributed by atoms with van der Waals surface area (Å²) in [5, 5.41) is 8.33. The number of halogens is 1. The van der Waals surface area contributed by atoms with Crippen molar-refractivity contribution in [1.82, 2.24) is 15.6 Å². The van der Waals surface area contributed by atoms with Crippen molar-refractivity contribution in [2.45, 2.75) is 20.0 Å². The van der Waals surface area contributed by atoms with E-state index in [4.69, 9.17) is 4.42 Å². The number of hydrogen-bond acceptors (Lipinski definition) is 4. The van der Waals surface area contributed by atoms with Gasteiger partial charge in [0.25, 0.3) is 0 Å². The number of carbonyl (C=O) groups excluding carboxylic acids is 1. The van der Waals surface area contributed by atoms with Gasteiger partial charge in [0.05, 0.1) is 11.6 Å². The Balaban J connectivity index is 1.48. The lowest BCUT2D eigenvalue weighted by Gasteiger charge is -2.06. The Morgan fingerprint density at radius 2 is 1.92 bits per heavy atom. The van der Waals surface area contributed by atoms with Gasteiger partial charge in [-0.15, -0.1) is 11.3 Å². The van der Waals surface area contributed by atoms with E-state index in [1.54, 1.807) is 23.5 Å². The standard InChI is InChI=1S/C17H16FN3O2S/c1-11-21-15(10-24-11)16-7-6-14(23-16)9-20-17(22)19-8-12-2-4-13(18)5-3-12/h2-7,10H,8-9H2,1H3,(H2,19,20,22). The second-order valence-corrected chi connectivity index (χ2v) is 6.24. The van der Waals surface area contributed by atoms with Crippen molar-refractivity contribution in [2.75, 3.05) is 0 Å². The summed E-state index contributed by atoms with van der Waals surface area (Å²) in [5.74, 6) is 1.03. The van der Waals surface area contributed by atoms with Crippen molar-refractivity contribution in [2.24, 2.45) is 0 Å². The van der Waals surface area contributed by atoms with E-state index < -0.39 is 0 Å². The third-order valence-electron chi connectivity index (χ3n) is 3.32. The molecule has 1 aromatic carbocycles. The van der Waals surface area contributed by atoms with Crippen LogP contribution in [0.1, 0.15) is 16.3 Å². The first-order chi connectivity index (χ1) is 11.6. The van der Waals surface area contributed by atoms with E-state index in [2.05, 4.69) is 15.6 Å². The van der Waals surface area contributed by atoms with Gasteiger partial charge in [-0.3, -0.25) is 0 Å². The molecular formula is C17H16FN3O2S. The molecule has 0 saturated heterocycles. The predicted molar refractivity (Wildman–Crippen MR) is 90.0 cm³/mol. The zero-order valence-corrected chi connectivity index (χ0v) is 13.8. The van der Waals surface area contributed by atoms with Gasteiger partial charge in [-0.25, -0.2) is 14.2 Å². The minimum atomic E-state index is -0.318. The summed E-state index contributed by atoms with van der Waals surface area (Å²) in [7, 11) is 0. The molecule has 0 aliphatic carbocycles. The fourth-order valence-corrected chi connectivity index (χ4v) is 2.70. The predicted octanol–water partition coefficient (Wildman–Crippen LogP) is 3.85. The zero-order chi connectivity index (χ0) is 16.9. The summed E-state index contributed by atoms with van der Waals surface area (Å²) in [5.41, 5.74) is 1.62. The fraction of sp³-hybridized carbons (Fsp3) is 0.176. The Hall–Kier alpha value is -2.67. The normalized spacial score (nSPS) is 10.6. The molecule has 0 aliphatic rings. The average molecular weight is 345 g/mol. The topological polar surface area (TPSA) is 67.2 Å². The molecule has 0 bridgehead atoms. The van der Waals surface area contributed by atoms with Crippen LogP contribution in [0, 0.1) is 12.7 Å². The van der Waals surface area contributed by atoms with Crippen LogP contribution in [0.3, 0.4) is 0 Å². The highest BCUT2D eigenvalue weighted by molar-refractivity contribution is 7.09. The number of urea groups is 1. The third kappa shape index (κ3) is 4.20. The molecule has 5 nitrogen and oxygen atoms in total. The molecule has 2 amide bonds. The molecule has 0 fully saturated rings. The van der Waals surface area contributed by atoms with Gasteiger partial charge >= 0.3 is 6.03 Å². The van der Waals surface area contributed by atoms with Crippen LogP contribution in [-0.2, 0) is 13.1 Å². The molecule has 0 radical (unpaired) electrons. The number of thiazole rings is 1. The highest BCUT2D eigenvalue weighted by Gasteiger charge is 2.09. The summed E-state index contributed by atoms with van der Waals surface area (Å²) in [4.78, 5) is 16.1. The first-order valence-electron chi connectivity index (χ1n) is 7.37. The monoisotopic (exact) mass is 345 g/mol. The number of nitrogens with one attached hydrogen (secondary N) is 2. The van der Waals surface area contributed by atoms with E-state index in [0.29, 0.717) is 18.1 Å². The maximum atomic E-state index is 12.8. The molecule has 0 spiro atoms. The maximum absolute atomic E-state index is 12.8. The van der Waals surface area contributed by atoms with Crippen LogP contribution in [0.2, 0.25) is 0 Å². The van der Waals surface area contributed by atoms with Gasteiger partial charge in [-0.2, -0.15) is 0 Å². The van der Waals surface area contributed by atoms with E-state index in [0.717, 1.165) is 16.3 Å². The lowest BCUT2D eigenvalue weighted by atomic mass is 10.2. The van der Waals surface area contributed by atoms with Crippen molar-refractivity contribution in [3.63, 3.8) is 0 Å². The van der Waals surface area contributed by atoms with Crippen LogP contribution in [-0.4, -0.2) is 11.0 Å². The summed E-state index contributed by atoms with van der Waals surface area (Å²) < 4.78 is 18.5. The van der Waals surface area contributed by atoms with E-state index >= 15 is 0 Å². The number of amides is 2. The highest BCUT2D eigenvalue weighted by atomic mass is 32.1. The number of carbonyl (C=O) groups is 1. The molecule has 7 heteroatoms. The quantitative estimate of drug-likeness (QED) is 0.738. The van der Waals surface area contributed by atoms with Gasteiger partial charge in [-0.1, -0.05) is 12.1 Å². The summed E-state index contributed by atoms with van der Waals surface area (Å²) in [6.07, 6.45) is 0. The van der Waals surface area contributed by atoms with Crippen LogP contribution < -0.4 is 10.6 Å². The van der Waals surface area contributed by atoms with Gasteiger partial charge in [0, 0.05) is 11.9 Å². The van der Waals surface area contributed by atoms with Gasteiger partial charge in [0.1, 0.15) is 17.3 Å². The van der Waals surface area contributed by atoms with Gasteiger partial charge < -0.3 is 15.1 Å². The average Bonchev–Trinajstić information content (AvgIpc) is 3.21. The van der Waals surface area contributed by atoms with Crippen LogP contribution in [0.5, 0.6) is 0 Å². The summed E-state index contributed by atoms with van der Waals surface area (Å²) in [6.45, 7) is 2.54. The molecule has 3 aromatic rings. The van der Waals surface area contributed by atoms with Crippen LogP contribution in [0.25, 0.3) is 11.5 Å². The Bertz CT molecular complexity index is 826. The maximum Gasteiger partial charge on any atom is 0.315 e. The molecule has 0 atom stereocenters. The van der Waals surface area contributed by atoms with Crippen LogP contribution in [0.4, 0.5) is 9.18 Å². The van der Waals surface area contributed by atoms with Gasteiger partial charge in [0.2, 0.25) is 0 Å². The molecular weight excluding hydrogens is 329 g/mol. The van der Waals surface area contributed by atoms with Crippen molar-refractivity contribution in [1.29, 1.82) is 0 Å². The second-order valence-electron chi connectivity index (χ2n) is 5.18. The molecule has 2 heterocycles. The summed E-state index contributed by atoms with van der Waals surface area (Å²) in [6, 6.07) is 9.31. The van der Waals surface area contributed by atoms with Gasteiger partial charge in [0.15, 0.2) is 5.76 Å². The largest absolute Gasteiger partial charge is 0.458 e. The first-order valence-corrected chi connectivity index (χ1v) is 8.25. The van der Waals surface area contributed by atoms with Crippen LogP contribution >= 0.6 is 11.3 Å². The Labute approximate surface area is 142 Å². The lowest BCUT2D eigenvalue weighted by molar-refractivity contribution is 0.239. The summed E-state index contributed by atoms with van der Waals surface area (Å²) >= 11 is 1.56. The number of benzene rings is 1. The molecule has 2 aromatic heterocycles. The third-order valence-corrected chi connectivity index (χ3v) is 4.10. The minimum Gasteiger partial charge on any atom is -0.458 e. The lowest BCUT2D eigenvalue weighted by Crippen LogP contribution is -2.34. The van der Waals surface area contributed by atoms with Crippen molar-refractivity contribution < 1.29 is 13.6 Å². The van der Waals surface area contributed by atoms with E-state index in [1.807, 2.05) is 24.4 Å². The van der Waals surface area contributed by atoms with E-state index in [1.165, 1.54) is 12.1 Å². The van der Waals surface area contributed by atoms with Crippen LogP contribution in [0.15, 0.2) is 46.2 Å². The molecule has 124 valence electrons. The number of aromatic nitrogens is 1. The Morgan fingerprint density at radius 3 is 2.62 bits per heavy atom. The minimum absolute atomic E-state index is 0.276. The second kappa shape index (κ2) is 7.27. The molecule has 0 unspecified atom stereocenters. The fourth-order valence-electron chi connectivity index (χ4n) is 2.10. The molecule has 2 N–H and O–H groups in total. The number of rotatable bonds is 5. The SMILES string of the molecule is Cc1nc(-c2ccc(CNC(=O)NCc3ccc(F)cc3)o2)cs1. The first kappa shape index (κ1) is 16.2. The Kier molecular flexibility index (Phi) is 4.90. The molecule has 24 heavy (non-hydrogen) atoms. The number of aryl methyl sites for hydroxylation is 1. The number of nitrogens with zero attached hydrogens (tertiary/aromatic N) is 1. The van der Waals surface area contributed by atoms with Gasteiger partial charge in [-0.05, 0) is 36.8 Å². The smallest absolute Gasteiger partial charge is 0.315 e. The number of furan rings is 1. The van der Waals surface area contributed by atoms with Crippen molar-refractivity contribution in [3.05, 3.63) is 63.9 Å². The van der Waals surface area contributed by atoms with Crippen molar-refractivity contribution >= 4 is 17.4 Å². The molecule has 3 rings (SSSR count). The van der Waals surface area contributed by atoms with Crippen molar-refractivity contribution in [3.8, 4) is 11.5 Å². The van der Waals surface area contributed by atoms with E-state index in [-0.39, 0.29) is 18.4 Å². The number of hydrogen-bond donors (Lipinski definition) is 2. The zero-order valence-electron chi connectivity index (χ0n) is 13.0. The van der Waals surface area contributed by atoms with E-state index in [9.17, 15) is 9.18 Å². The Morgan fingerprint density at radius 1 is 1.17 bits per heavy atom.